The zero-order valence-corrected chi connectivity index (χ0v) is 16.8. The normalized spacial score (nSPS) is 17.0. The molecule has 0 aliphatic carbocycles. The third-order valence-electron chi connectivity index (χ3n) is 5.39. The number of fused-ring (bicyclic) bond motifs is 1. The molecule has 1 aromatic heterocycles. The molecule has 1 aliphatic rings. The average Bonchev–Trinajstić information content (AvgIpc) is 3.17. The molecule has 146 valence electrons. The van der Waals surface area contributed by atoms with E-state index in [4.69, 9.17) is 15.7 Å². The number of nitrogens with two attached hydrogens (primary N) is 1. The molecule has 0 spiro atoms. The molecule has 1 unspecified atom stereocenters. The number of benzene rings is 2. The Kier molecular flexibility index (Phi) is 5.55. The van der Waals surface area contributed by atoms with Crippen LogP contribution in [0, 0.1) is 0 Å². The molecule has 0 radical (unpaired) electrons. The highest BCUT2D eigenvalue weighted by Crippen LogP contribution is 2.38. The third-order valence-corrected chi connectivity index (χ3v) is 5.39. The van der Waals surface area contributed by atoms with Gasteiger partial charge in [-0.2, -0.15) is 0 Å². The van der Waals surface area contributed by atoms with Gasteiger partial charge in [0.2, 0.25) is 0 Å². The molecule has 5 nitrogen and oxygen atoms in total. The van der Waals surface area contributed by atoms with Crippen LogP contribution in [0.4, 0.5) is 5.82 Å². The predicted molar refractivity (Wildman–Crippen MR) is 115 cm³/mol. The van der Waals surface area contributed by atoms with Crippen LogP contribution in [-0.2, 0) is 13.0 Å². The molecule has 1 saturated heterocycles. The van der Waals surface area contributed by atoms with Crippen LogP contribution in [-0.4, -0.2) is 42.1 Å². The van der Waals surface area contributed by atoms with Crippen LogP contribution in [0.25, 0.3) is 10.9 Å². The van der Waals surface area contributed by atoms with Crippen LogP contribution in [0.15, 0.2) is 48.5 Å². The third kappa shape index (κ3) is 3.86. The first-order valence-electron chi connectivity index (χ1n) is 10.1. The van der Waals surface area contributed by atoms with Gasteiger partial charge in [-0.1, -0.05) is 36.4 Å². The molecule has 5 heteroatoms. The van der Waals surface area contributed by atoms with Gasteiger partial charge in [0, 0.05) is 24.9 Å². The molecule has 2 heterocycles. The largest absolute Gasteiger partial charge is 0.349 e. The summed E-state index contributed by atoms with van der Waals surface area (Å²) in [5.74, 6) is 1.89. The van der Waals surface area contributed by atoms with Gasteiger partial charge in [0.15, 0.2) is 0 Å². The fourth-order valence-corrected chi connectivity index (χ4v) is 4.14. The summed E-state index contributed by atoms with van der Waals surface area (Å²) in [4.78, 5) is 14.3. The Morgan fingerprint density at radius 2 is 1.86 bits per heavy atom. The quantitative estimate of drug-likeness (QED) is 0.714. The number of rotatable bonds is 6. The second kappa shape index (κ2) is 8.25. The predicted octanol–water partition coefficient (Wildman–Crippen LogP) is 3.53. The molecule has 0 bridgehead atoms. The SMILES string of the molecule is CN(C)Cc1ccc(C2CCCN2c2nc(CCN)nc3ccccc23)cc1. The summed E-state index contributed by atoms with van der Waals surface area (Å²) in [7, 11) is 4.21. The van der Waals surface area contributed by atoms with Crippen molar-refractivity contribution in [3.63, 3.8) is 0 Å². The van der Waals surface area contributed by atoms with Crippen molar-refractivity contribution in [2.24, 2.45) is 5.73 Å². The summed E-state index contributed by atoms with van der Waals surface area (Å²) in [5, 5.41) is 1.12. The van der Waals surface area contributed by atoms with E-state index in [1.54, 1.807) is 0 Å². The molecule has 3 aromatic rings. The summed E-state index contributed by atoms with van der Waals surface area (Å²) >= 11 is 0. The molecule has 0 saturated carbocycles. The fraction of sp³-hybridized carbons (Fsp3) is 0.391. The maximum absolute atomic E-state index is 5.78. The Bertz CT molecular complexity index is 935. The van der Waals surface area contributed by atoms with Crippen molar-refractivity contribution in [3.8, 4) is 0 Å². The lowest BCUT2D eigenvalue weighted by Gasteiger charge is -2.28. The molecule has 0 amide bonds. The van der Waals surface area contributed by atoms with Crippen molar-refractivity contribution >= 4 is 16.7 Å². The van der Waals surface area contributed by atoms with Gasteiger partial charge in [-0.3, -0.25) is 0 Å². The highest BCUT2D eigenvalue weighted by atomic mass is 15.2. The number of aromatic nitrogens is 2. The van der Waals surface area contributed by atoms with Gasteiger partial charge < -0.3 is 15.5 Å². The lowest BCUT2D eigenvalue weighted by molar-refractivity contribution is 0.402. The Morgan fingerprint density at radius 1 is 1.07 bits per heavy atom. The standard InChI is InChI=1S/C23H29N5/c1-27(2)16-17-9-11-18(12-10-17)21-8-5-15-28(21)23-19-6-3-4-7-20(19)25-22(26-23)13-14-24/h3-4,6-7,9-12,21H,5,8,13-16,24H2,1-2H3. The van der Waals surface area contributed by atoms with Crippen LogP contribution in [0.1, 0.15) is 35.8 Å². The molecule has 1 aliphatic heterocycles. The minimum absolute atomic E-state index is 0.359. The lowest BCUT2D eigenvalue weighted by atomic mass is 10.0. The van der Waals surface area contributed by atoms with Crippen LogP contribution in [0.2, 0.25) is 0 Å². The molecular weight excluding hydrogens is 346 g/mol. The number of hydrogen-bond acceptors (Lipinski definition) is 5. The van der Waals surface area contributed by atoms with Crippen molar-refractivity contribution in [1.29, 1.82) is 0 Å². The molecule has 4 rings (SSSR count). The van der Waals surface area contributed by atoms with E-state index in [-0.39, 0.29) is 0 Å². The highest BCUT2D eigenvalue weighted by Gasteiger charge is 2.28. The van der Waals surface area contributed by atoms with E-state index in [2.05, 4.69) is 66.4 Å². The van der Waals surface area contributed by atoms with Crippen LogP contribution < -0.4 is 10.6 Å². The topological polar surface area (TPSA) is 58.3 Å². The minimum atomic E-state index is 0.359. The van der Waals surface area contributed by atoms with Gasteiger partial charge in [0.1, 0.15) is 11.6 Å². The maximum atomic E-state index is 5.78. The van der Waals surface area contributed by atoms with Gasteiger partial charge in [-0.05, 0) is 56.7 Å². The average molecular weight is 376 g/mol. The molecule has 1 atom stereocenters. The maximum Gasteiger partial charge on any atom is 0.140 e. The minimum Gasteiger partial charge on any atom is -0.349 e. The molecule has 1 fully saturated rings. The Morgan fingerprint density at radius 3 is 2.61 bits per heavy atom. The lowest BCUT2D eigenvalue weighted by Crippen LogP contribution is -2.25. The van der Waals surface area contributed by atoms with E-state index >= 15 is 0 Å². The number of anilines is 1. The first-order valence-corrected chi connectivity index (χ1v) is 10.1. The summed E-state index contributed by atoms with van der Waals surface area (Å²) < 4.78 is 0. The summed E-state index contributed by atoms with van der Waals surface area (Å²) in [6.45, 7) is 2.55. The van der Waals surface area contributed by atoms with Crippen molar-refractivity contribution in [1.82, 2.24) is 14.9 Å². The van der Waals surface area contributed by atoms with Gasteiger partial charge in [-0.15, -0.1) is 0 Å². The second-order valence-corrected chi connectivity index (χ2v) is 7.85. The van der Waals surface area contributed by atoms with Gasteiger partial charge >= 0.3 is 0 Å². The number of para-hydroxylation sites is 1. The van der Waals surface area contributed by atoms with Crippen molar-refractivity contribution in [2.45, 2.75) is 31.8 Å². The molecule has 28 heavy (non-hydrogen) atoms. The Hall–Kier alpha value is -2.50. The molecule has 2 N–H and O–H groups in total. The van der Waals surface area contributed by atoms with Crippen LogP contribution in [0.5, 0.6) is 0 Å². The van der Waals surface area contributed by atoms with E-state index in [0.29, 0.717) is 19.0 Å². The van der Waals surface area contributed by atoms with E-state index in [1.165, 1.54) is 17.5 Å². The van der Waals surface area contributed by atoms with Crippen molar-refractivity contribution in [2.75, 3.05) is 32.1 Å². The van der Waals surface area contributed by atoms with Crippen LogP contribution >= 0.6 is 0 Å². The summed E-state index contributed by atoms with van der Waals surface area (Å²) in [6.07, 6.45) is 3.03. The first-order chi connectivity index (χ1) is 13.7. The monoisotopic (exact) mass is 375 g/mol. The zero-order valence-electron chi connectivity index (χ0n) is 16.8. The van der Waals surface area contributed by atoms with Gasteiger partial charge in [0.05, 0.1) is 11.6 Å². The van der Waals surface area contributed by atoms with Gasteiger partial charge in [0.25, 0.3) is 0 Å². The number of nitrogens with zero attached hydrogens (tertiary/aromatic N) is 4. The Balaban J connectivity index is 1.70. The van der Waals surface area contributed by atoms with Gasteiger partial charge in [-0.25, -0.2) is 9.97 Å². The second-order valence-electron chi connectivity index (χ2n) is 7.85. The summed E-state index contributed by atoms with van der Waals surface area (Å²) in [5.41, 5.74) is 9.49. The molecule has 2 aromatic carbocycles. The van der Waals surface area contributed by atoms with E-state index in [9.17, 15) is 0 Å². The smallest absolute Gasteiger partial charge is 0.140 e. The highest BCUT2D eigenvalue weighted by molar-refractivity contribution is 5.89. The van der Waals surface area contributed by atoms with Crippen molar-refractivity contribution in [3.05, 3.63) is 65.5 Å². The number of hydrogen-bond donors (Lipinski definition) is 1. The molecular formula is C23H29N5. The Labute approximate surface area is 167 Å². The van der Waals surface area contributed by atoms with E-state index in [1.807, 2.05) is 6.07 Å². The van der Waals surface area contributed by atoms with E-state index < -0.39 is 0 Å². The zero-order chi connectivity index (χ0) is 19.5. The van der Waals surface area contributed by atoms with Crippen molar-refractivity contribution < 1.29 is 0 Å². The summed E-state index contributed by atoms with van der Waals surface area (Å²) in [6, 6.07) is 17.7. The van der Waals surface area contributed by atoms with E-state index in [0.717, 1.165) is 42.1 Å². The fourth-order valence-electron chi connectivity index (χ4n) is 4.14. The first kappa shape index (κ1) is 18.8. The van der Waals surface area contributed by atoms with Crippen LogP contribution in [0.3, 0.4) is 0 Å².